The molecule has 0 aliphatic carbocycles. The third-order valence-electron chi connectivity index (χ3n) is 3.49. The first-order chi connectivity index (χ1) is 11.1. The highest BCUT2D eigenvalue weighted by molar-refractivity contribution is 7.16. The molecule has 0 fully saturated rings. The molecule has 0 saturated carbocycles. The molecule has 5 nitrogen and oxygen atoms in total. The van der Waals surface area contributed by atoms with Crippen molar-refractivity contribution in [2.45, 2.75) is 26.9 Å². The first kappa shape index (κ1) is 15.7. The Morgan fingerprint density at radius 3 is 2.65 bits per heavy atom. The lowest BCUT2D eigenvalue weighted by Crippen LogP contribution is -1.95. The van der Waals surface area contributed by atoms with Crippen LogP contribution in [0, 0.1) is 17.2 Å². The summed E-state index contributed by atoms with van der Waals surface area (Å²) in [6.45, 7) is 4.83. The molecule has 6 heteroatoms. The van der Waals surface area contributed by atoms with Gasteiger partial charge in [-0.15, -0.1) is 0 Å². The van der Waals surface area contributed by atoms with Crippen LogP contribution in [0.3, 0.4) is 0 Å². The Morgan fingerprint density at radius 1 is 1.30 bits per heavy atom. The molecule has 23 heavy (non-hydrogen) atoms. The summed E-state index contributed by atoms with van der Waals surface area (Å²) >= 11 is 1.44. The molecule has 0 aliphatic rings. The van der Waals surface area contributed by atoms with E-state index in [2.05, 4.69) is 42.1 Å². The van der Waals surface area contributed by atoms with Gasteiger partial charge in [0.15, 0.2) is 5.69 Å². The number of aromatic nitrogens is 3. The van der Waals surface area contributed by atoms with Gasteiger partial charge < -0.3 is 4.74 Å². The number of nitriles is 1. The van der Waals surface area contributed by atoms with Gasteiger partial charge in [0, 0.05) is 12.7 Å². The van der Waals surface area contributed by atoms with E-state index < -0.39 is 0 Å². The third-order valence-corrected chi connectivity index (χ3v) is 4.37. The predicted octanol–water partition coefficient (Wildman–Crippen LogP) is 3.67. The van der Waals surface area contributed by atoms with Gasteiger partial charge in [-0.1, -0.05) is 49.4 Å². The predicted molar refractivity (Wildman–Crippen MR) is 90.3 cm³/mol. The Bertz CT molecular complexity index is 855. The Morgan fingerprint density at radius 2 is 2.04 bits per heavy atom. The lowest BCUT2D eigenvalue weighted by Gasteiger charge is -2.05. The van der Waals surface area contributed by atoms with E-state index in [-0.39, 0.29) is 0 Å². The lowest BCUT2D eigenvalue weighted by molar-refractivity contribution is 0.183. The fraction of sp³-hybridized carbons (Fsp3) is 0.353. The molecule has 0 unspecified atom stereocenters. The van der Waals surface area contributed by atoms with Gasteiger partial charge in [0.25, 0.3) is 0 Å². The number of hydrogen-bond acceptors (Lipinski definition) is 5. The monoisotopic (exact) mass is 326 g/mol. The maximum Gasteiger partial charge on any atom is 0.214 e. The molecule has 0 aliphatic heterocycles. The van der Waals surface area contributed by atoms with Gasteiger partial charge in [-0.3, -0.25) is 0 Å². The lowest BCUT2D eigenvalue weighted by atomic mass is 10.0. The number of rotatable bonds is 5. The highest BCUT2D eigenvalue weighted by Crippen LogP contribution is 2.27. The summed E-state index contributed by atoms with van der Waals surface area (Å²) in [5.74, 6) is 0.622. The molecule has 118 valence electrons. The molecule has 3 rings (SSSR count). The molecule has 0 spiro atoms. The molecule has 0 bridgehead atoms. The van der Waals surface area contributed by atoms with Crippen molar-refractivity contribution in [3.8, 4) is 17.3 Å². The van der Waals surface area contributed by atoms with Crippen molar-refractivity contribution in [2.75, 3.05) is 7.11 Å². The Kier molecular flexibility index (Phi) is 4.42. The minimum Gasteiger partial charge on any atom is -0.377 e. The summed E-state index contributed by atoms with van der Waals surface area (Å²) in [7, 11) is 1.62. The van der Waals surface area contributed by atoms with Crippen molar-refractivity contribution < 1.29 is 4.74 Å². The van der Waals surface area contributed by atoms with Crippen molar-refractivity contribution in [1.29, 1.82) is 5.26 Å². The number of fused-ring (bicyclic) bond motifs is 1. The first-order valence-corrected chi connectivity index (χ1v) is 8.30. The van der Waals surface area contributed by atoms with Crippen LogP contribution in [0.2, 0.25) is 0 Å². The van der Waals surface area contributed by atoms with Crippen LogP contribution in [0.25, 0.3) is 16.2 Å². The summed E-state index contributed by atoms with van der Waals surface area (Å²) in [6, 6.07) is 10.5. The van der Waals surface area contributed by atoms with E-state index in [0.717, 1.165) is 22.0 Å². The van der Waals surface area contributed by atoms with Gasteiger partial charge >= 0.3 is 0 Å². The zero-order valence-electron chi connectivity index (χ0n) is 13.4. The number of nitrogens with zero attached hydrogens (tertiary/aromatic N) is 4. The van der Waals surface area contributed by atoms with E-state index >= 15 is 0 Å². The van der Waals surface area contributed by atoms with E-state index in [1.54, 1.807) is 11.6 Å². The summed E-state index contributed by atoms with van der Waals surface area (Å²) in [5.41, 5.74) is 3.39. The summed E-state index contributed by atoms with van der Waals surface area (Å²) < 4.78 is 6.69. The SMILES string of the molecule is COCc1nn2c(C#N)c(-c3ccc(CC(C)C)cc3)nc2s1. The standard InChI is InChI=1S/C17H18N4OS/c1-11(2)8-12-4-6-13(7-5-12)16-14(9-18)21-17(19-16)23-15(20-21)10-22-3/h4-7,11H,8,10H2,1-3H3. The number of benzene rings is 1. The molecule has 0 saturated heterocycles. The van der Waals surface area contributed by atoms with E-state index in [1.807, 2.05) is 12.1 Å². The maximum absolute atomic E-state index is 9.50. The van der Waals surface area contributed by atoms with Crippen LogP contribution in [0.4, 0.5) is 0 Å². The highest BCUT2D eigenvalue weighted by Gasteiger charge is 2.17. The van der Waals surface area contributed by atoms with Crippen LogP contribution in [0.15, 0.2) is 24.3 Å². The zero-order chi connectivity index (χ0) is 16.4. The largest absolute Gasteiger partial charge is 0.377 e. The minimum atomic E-state index is 0.429. The molecule has 3 aromatic rings. The average molecular weight is 326 g/mol. The first-order valence-electron chi connectivity index (χ1n) is 7.49. The van der Waals surface area contributed by atoms with Crippen molar-refractivity contribution >= 4 is 16.3 Å². The zero-order valence-corrected chi connectivity index (χ0v) is 14.2. The van der Waals surface area contributed by atoms with Gasteiger partial charge in [-0.25, -0.2) is 4.98 Å². The van der Waals surface area contributed by atoms with Crippen LogP contribution in [-0.2, 0) is 17.8 Å². The molecule has 0 atom stereocenters. The van der Waals surface area contributed by atoms with Crippen LogP contribution < -0.4 is 0 Å². The number of methoxy groups -OCH3 is 1. The fourth-order valence-electron chi connectivity index (χ4n) is 2.54. The number of hydrogen-bond donors (Lipinski definition) is 0. The van der Waals surface area contributed by atoms with E-state index in [1.165, 1.54) is 16.9 Å². The molecule has 0 N–H and O–H groups in total. The van der Waals surface area contributed by atoms with Crippen molar-refractivity contribution in [3.63, 3.8) is 0 Å². The van der Waals surface area contributed by atoms with Gasteiger partial charge in [-0.05, 0) is 17.9 Å². The van der Waals surface area contributed by atoms with Gasteiger partial charge in [0.2, 0.25) is 4.96 Å². The molecular formula is C17H18N4OS. The van der Waals surface area contributed by atoms with Crippen molar-refractivity contribution in [1.82, 2.24) is 14.6 Å². The number of ether oxygens (including phenoxy) is 1. The van der Waals surface area contributed by atoms with Gasteiger partial charge in [-0.2, -0.15) is 14.9 Å². The second kappa shape index (κ2) is 6.49. The Labute approximate surface area is 139 Å². The van der Waals surface area contributed by atoms with E-state index in [4.69, 9.17) is 4.74 Å². The van der Waals surface area contributed by atoms with E-state index in [0.29, 0.717) is 23.9 Å². The van der Waals surface area contributed by atoms with E-state index in [9.17, 15) is 5.26 Å². The van der Waals surface area contributed by atoms with Crippen LogP contribution in [0.1, 0.15) is 30.1 Å². The Balaban J connectivity index is 1.99. The highest BCUT2D eigenvalue weighted by atomic mass is 32.1. The second-order valence-corrected chi connectivity index (χ2v) is 6.88. The molecule has 0 amide bonds. The smallest absolute Gasteiger partial charge is 0.214 e. The van der Waals surface area contributed by atoms with Gasteiger partial charge in [0.1, 0.15) is 16.8 Å². The molecule has 0 radical (unpaired) electrons. The quantitative estimate of drug-likeness (QED) is 0.717. The molecule has 1 aromatic carbocycles. The third kappa shape index (κ3) is 3.11. The second-order valence-electron chi connectivity index (χ2n) is 5.84. The van der Waals surface area contributed by atoms with Gasteiger partial charge in [0.05, 0.1) is 6.61 Å². The molecule has 2 aromatic heterocycles. The summed E-state index contributed by atoms with van der Waals surface area (Å²) in [4.78, 5) is 5.31. The number of imidazole rings is 1. The van der Waals surface area contributed by atoms with Crippen molar-refractivity contribution in [2.24, 2.45) is 5.92 Å². The summed E-state index contributed by atoms with van der Waals surface area (Å²) in [5, 5.41) is 14.7. The molecule has 2 heterocycles. The molecular weight excluding hydrogens is 308 g/mol. The van der Waals surface area contributed by atoms with Crippen LogP contribution >= 0.6 is 11.3 Å². The topological polar surface area (TPSA) is 63.2 Å². The minimum absolute atomic E-state index is 0.429. The van der Waals surface area contributed by atoms with Crippen LogP contribution in [0.5, 0.6) is 0 Å². The fourth-order valence-corrected chi connectivity index (χ4v) is 3.41. The average Bonchev–Trinajstić information content (AvgIpc) is 3.04. The summed E-state index contributed by atoms with van der Waals surface area (Å²) in [6.07, 6.45) is 1.05. The normalized spacial score (nSPS) is 11.3. The van der Waals surface area contributed by atoms with Crippen LogP contribution in [-0.4, -0.2) is 21.7 Å². The van der Waals surface area contributed by atoms with Crippen molar-refractivity contribution in [3.05, 3.63) is 40.5 Å². The maximum atomic E-state index is 9.50. The Hall–Kier alpha value is -2.23.